The van der Waals surface area contributed by atoms with Crippen LogP contribution in [0, 0.1) is 21.4 Å². The van der Waals surface area contributed by atoms with Crippen LogP contribution in [0.5, 0.6) is 0 Å². The van der Waals surface area contributed by atoms with Gasteiger partial charge < -0.3 is 0 Å². The predicted octanol–water partition coefficient (Wildman–Crippen LogP) is 2.74. The number of nitro benzene ring substituents is 1. The second kappa shape index (κ2) is 5.31. The molecule has 0 N–H and O–H groups in total. The first kappa shape index (κ1) is 12.8. The van der Waals surface area contributed by atoms with E-state index < -0.39 is 4.92 Å². The van der Waals surface area contributed by atoms with E-state index in [0.29, 0.717) is 5.56 Å². The predicted molar refractivity (Wildman–Crippen MR) is 69.3 cm³/mol. The molecule has 0 saturated carbocycles. The Morgan fingerprint density at radius 3 is 2.95 bits per heavy atom. The van der Waals surface area contributed by atoms with Gasteiger partial charge in [0, 0.05) is 36.0 Å². The molecule has 6 heteroatoms. The number of hydrogen-bond acceptors (Lipinski definition) is 4. The monoisotopic (exact) mass is 256 g/mol. The summed E-state index contributed by atoms with van der Waals surface area (Å²) in [4.78, 5) is 10.2. The molecule has 1 aromatic heterocycles. The third-order valence-electron chi connectivity index (χ3n) is 2.73. The van der Waals surface area contributed by atoms with Crippen molar-refractivity contribution in [3.63, 3.8) is 0 Å². The molecular weight excluding hydrogens is 244 g/mol. The Morgan fingerprint density at radius 1 is 1.53 bits per heavy atom. The molecule has 0 atom stereocenters. The molecule has 0 amide bonds. The molecule has 0 unspecified atom stereocenters. The second-order valence-corrected chi connectivity index (χ2v) is 4.09. The van der Waals surface area contributed by atoms with E-state index in [-0.39, 0.29) is 11.3 Å². The van der Waals surface area contributed by atoms with Crippen LogP contribution in [0.15, 0.2) is 30.6 Å². The highest BCUT2D eigenvalue weighted by molar-refractivity contribution is 5.71. The number of nitriles is 1. The van der Waals surface area contributed by atoms with E-state index in [4.69, 9.17) is 5.26 Å². The first-order valence-corrected chi connectivity index (χ1v) is 5.87. The number of aryl methyl sites for hydroxylation is 1. The molecule has 19 heavy (non-hydrogen) atoms. The summed E-state index contributed by atoms with van der Waals surface area (Å²) in [6.07, 6.45) is 4.47. The molecule has 2 aromatic rings. The molecular formula is C13H12N4O2. The quantitative estimate of drug-likeness (QED) is 0.621. The van der Waals surface area contributed by atoms with Gasteiger partial charge in [-0.3, -0.25) is 14.8 Å². The molecule has 0 aliphatic heterocycles. The highest BCUT2D eigenvalue weighted by Gasteiger charge is 2.13. The van der Waals surface area contributed by atoms with Crippen LogP contribution >= 0.6 is 0 Å². The van der Waals surface area contributed by atoms with Crippen molar-refractivity contribution >= 4 is 5.69 Å². The maximum absolute atomic E-state index is 10.7. The van der Waals surface area contributed by atoms with Crippen molar-refractivity contribution in [1.82, 2.24) is 9.78 Å². The van der Waals surface area contributed by atoms with Crippen LogP contribution in [0.1, 0.15) is 18.9 Å². The summed E-state index contributed by atoms with van der Waals surface area (Å²) in [6, 6.07) is 6.26. The SMILES string of the molecule is CCCn1cc(-c2ccc([N+](=O)[O-])cc2C#N)cn1. The Labute approximate surface area is 110 Å². The summed E-state index contributed by atoms with van der Waals surface area (Å²) in [5.41, 5.74) is 1.65. The molecule has 0 bridgehead atoms. The van der Waals surface area contributed by atoms with Gasteiger partial charge in [-0.1, -0.05) is 6.92 Å². The molecule has 0 aliphatic carbocycles. The fraction of sp³-hybridized carbons (Fsp3) is 0.231. The van der Waals surface area contributed by atoms with Crippen LogP contribution in [0.25, 0.3) is 11.1 Å². The lowest BCUT2D eigenvalue weighted by Crippen LogP contribution is -1.95. The number of nitro groups is 1. The van der Waals surface area contributed by atoms with Crippen LogP contribution in [-0.2, 0) is 6.54 Å². The molecule has 0 fully saturated rings. The van der Waals surface area contributed by atoms with Gasteiger partial charge >= 0.3 is 0 Å². The Balaban J connectivity index is 2.44. The topological polar surface area (TPSA) is 84.7 Å². The minimum Gasteiger partial charge on any atom is -0.272 e. The van der Waals surface area contributed by atoms with Crippen LogP contribution < -0.4 is 0 Å². The van der Waals surface area contributed by atoms with E-state index in [2.05, 4.69) is 5.10 Å². The fourth-order valence-electron chi connectivity index (χ4n) is 1.84. The number of hydrogen-bond donors (Lipinski definition) is 0. The van der Waals surface area contributed by atoms with Crippen LogP contribution in [0.2, 0.25) is 0 Å². The van der Waals surface area contributed by atoms with E-state index in [9.17, 15) is 10.1 Å². The zero-order valence-corrected chi connectivity index (χ0v) is 10.4. The van der Waals surface area contributed by atoms with Crippen molar-refractivity contribution in [2.24, 2.45) is 0 Å². The first-order valence-electron chi connectivity index (χ1n) is 5.87. The summed E-state index contributed by atoms with van der Waals surface area (Å²) in [7, 11) is 0. The van der Waals surface area contributed by atoms with Gasteiger partial charge in [-0.15, -0.1) is 0 Å². The zero-order valence-electron chi connectivity index (χ0n) is 10.4. The Bertz CT molecular complexity index is 655. The van der Waals surface area contributed by atoms with Gasteiger partial charge in [0.1, 0.15) is 6.07 Å². The summed E-state index contributed by atoms with van der Waals surface area (Å²) in [5, 5.41) is 24.0. The fourth-order valence-corrected chi connectivity index (χ4v) is 1.84. The number of benzene rings is 1. The van der Waals surface area contributed by atoms with Crippen LogP contribution in [0.4, 0.5) is 5.69 Å². The molecule has 2 rings (SSSR count). The number of nitrogens with zero attached hydrogens (tertiary/aromatic N) is 4. The van der Waals surface area contributed by atoms with Crippen molar-refractivity contribution in [3.8, 4) is 17.2 Å². The van der Waals surface area contributed by atoms with E-state index >= 15 is 0 Å². The molecule has 0 aliphatic rings. The molecule has 96 valence electrons. The second-order valence-electron chi connectivity index (χ2n) is 4.09. The Kier molecular flexibility index (Phi) is 3.57. The van der Waals surface area contributed by atoms with Crippen molar-refractivity contribution in [2.75, 3.05) is 0 Å². The lowest BCUT2D eigenvalue weighted by atomic mass is 10.0. The highest BCUT2D eigenvalue weighted by atomic mass is 16.6. The molecule has 1 aromatic carbocycles. The Morgan fingerprint density at radius 2 is 2.32 bits per heavy atom. The van der Waals surface area contributed by atoms with Gasteiger partial charge in [-0.05, 0) is 12.5 Å². The maximum Gasteiger partial charge on any atom is 0.270 e. The van der Waals surface area contributed by atoms with E-state index in [0.717, 1.165) is 18.5 Å². The molecule has 0 saturated heterocycles. The third kappa shape index (κ3) is 2.60. The van der Waals surface area contributed by atoms with Crippen molar-refractivity contribution < 1.29 is 4.92 Å². The lowest BCUT2D eigenvalue weighted by molar-refractivity contribution is -0.384. The smallest absolute Gasteiger partial charge is 0.270 e. The van der Waals surface area contributed by atoms with Crippen molar-refractivity contribution in [3.05, 3.63) is 46.3 Å². The first-order chi connectivity index (χ1) is 9.15. The van der Waals surface area contributed by atoms with Gasteiger partial charge in [0.2, 0.25) is 0 Å². The van der Waals surface area contributed by atoms with Gasteiger partial charge in [0.25, 0.3) is 5.69 Å². The summed E-state index contributed by atoms with van der Waals surface area (Å²) in [5.74, 6) is 0. The summed E-state index contributed by atoms with van der Waals surface area (Å²) >= 11 is 0. The van der Waals surface area contributed by atoms with Crippen LogP contribution in [0.3, 0.4) is 0 Å². The zero-order chi connectivity index (χ0) is 13.8. The van der Waals surface area contributed by atoms with Crippen LogP contribution in [-0.4, -0.2) is 14.7 Å². The minimum absolute atomic E-state index is 0.0822. The number of non-ortho nitro benzene ring substituents is 1. The van der Waals surface area contributed by atoms with E-state index in [1.54, 1.807) is 16.9 Å². The molecule has 0 radical (unpaired) electrons. The number of rotatable bonds is 4. The Hall–Kier alpha value is -2.68. The van der Waals surface area contributed by atoms with Gasteiger partial charge in [-0.25, -0.2) is 0 Å². The third-order valence-corrected chi connectivity index (χ3v) is 2.73. The summed E-state index contributed by atoms with van der Waals surface area (Å²) in [6.45, 7) is 2.85. The maximum atomic E-state index is 10.7. The highest BCUT2D eigenvalue weighted by Crippen LogP contribution is 2.26. The van der Waals surface area contributed by atoms with Gasteiger partial charge in [0.05, 0.1) is 16.7 Å². The largest absolute Gasteiger partial charge is 0.272 e. The lowest BCUT2D eigenvalue weighted by Gasteiger charge is -2.00. The van der Waals surface area contributed by atoms with Gasteiger partial charge in [0.15, 0.2) is 0 Å². The molecule has 1 heterocycles. The normalized spacial score (nSPS) is 10.1. The standard InChI is InChI=1S/C13H12N4O2/c1-2-5-16-9-11(8-15-16)13-4-3-12(17(18)19)6-10(13)7-14/h3-4,6,8-9H,2,5H2,1H3. The van der Waals surface area contributed by atoms with Gasteiger partial charge in [-0.2, -0.15) is 10.4 Å². The van der Waals surface area contributed by atoms with E-state index in [1.807, 2.05) is 19.2 Å². The summed E-state index contributed by atoms with van der Waals surface area (Å²) < 4.78 is 1.79. The minimum atomic E-state index is -0.509. The van der Waals surface area contributed by atoms with E-state index in [1.165, 1.54) is 12.1 Å². The average molecular weight is 256 g/mol. The molecule has 6 nitrogen and oxygen atoms in total. The van der Waals surface area contributed by atoms with Crippen molar-refractivity contribution in [1.29, 1.82) is 5.26 Å². The van der Waals surface area contributed by atoms with Crippen molar-refractivity contribution in [2.45, 2.75) is 19.9 Å². The average Bonchev–Trinajstić information content (AvgIpc) is 2.86. The molecule has 0 spiro atoms. The number of aromatic nitrogens is 2.